The fourth-order valence-electron chi connectivity index (χ4n) is 2.58. The predicted molar refractivity (Wildman–Crippen MR) is 85.6 cm³/mol. The Morgan fingerprint density at radius 1 is 1.36 bits per heavy atom. The number of rotatable bonds is 4. The van der Waals surface area contributed by atoms with Crippen molar-refractivity contribution in [3.05, 3.63) is 46.6 Å². The molecule has 0 spiro atoms. The molecule has 1 fully saturated rings. The Labute approximate surface area is 132 Å². The quantitative estimate of drug-likeness (QED) is 0.906. The first-order valence-electron chi connectivity index (χ1n) is 7.34. The van der Waals surface area contributed by atoms with Crippen LogP contribution in [0.1, 0.15) is 34.5 Å². The van der Waals surface area contributed by atoms with E-state index >= 15 is 0 Å². The first kappa shape index (κ1) is 15.2. The van der Waals surface area contributed by atoms with Crippen molar-refractivity contribution >= 4 is 17.2 Å². The molecule has 3 nitrogen and oxygen atoms in total. The van der Waals surface area contributed by atoms with E-state index in [1.54, 1.807) is 12.1 Å². The molecule has 22 heavy (non-hydrogen) atoms. The standard InChI is InChI=1S/C17H18FNO2S/c1-11-9-14(16(20)19-10-17(21)7-2-8-17)22-15(11)12-3-5-13(18)6-4-12/h3-6,9,21H,2,7-8,10H2,1H3,(H,19,20). The van der Waals surface area contributed by atoms with E-state index in [-0.39, 0.29) is 11.7 Å². The Kier molecular flexibility index (Phi) is 4.02. The van der Waals surface area contributed by atoms with Gasteiger partial charge >= 0.3 is 0 Å². The van der Waals surface area contributed by atoms with E-state index in [0.717, 1.165) is 35.3 Å². The van der Waals surface area contributed by atoms with Crippen molar-refractivity contribution in [2.24, 2.45) is 0 Å². The first-order chi connectivity index (χ1) is 10.5. The van der Waals surface area contributed by atoms with Gasteiger partial charge < -0.3 is 10.4 Å². The molecule has 0 bridgehead atoms. The fourth-order valence-corrected chi connectivity index (χ4v) is 3.67. The molecule has 0 aliphatic heterocycles. The van der Waals surface area contributed by atoms with Gasteiger partial charge in [0.1, 0.15) is 5.82 Å². The molecule has 1 heterocycles. The molecule has 1 amide bonds. The number of hydrogen-bond acceptors (Lipinski definition) is 3. The summed E-state index contributed by atoms with van der Waals surface area (Å²) in [5, 5.41) is 12.8. The van der Waals surface area contributed by atoms with Crippen molar-refractivity contribution in [1.29, 1.82) is 0 Å². The molecular weight excluding hydrogens is 301 g/mol. The molecule has 0 unspecified atom stereocenters. The lowest BCUT2D eigenvalue weighted by Gasteiger charge is -2.36. The van der Waals surface area contributed by atoms with Crippen molar-refractivity contribution in [3.63, 3.8) is 0 Å². The summed E-state index contributed by atoms with van der Waals surface area (Å²) >= 11 is 1.39. The average molecular weight is 319 g/mol. The summed E-state index contributed by atoms with van der Waals surface area (Å²) in [4.78, 5) is 13.8. The topological polar surface area (TPSA) is 49.3 Å². The van der Waals surface area contributed by atoms with Crippen LogP contribution in [0.2, 0.25) is 0 Å². The summed E-state index contributed by atoms with van der Waals surface area (Å²) < 4.78 is 13.0. The van der Waals surface area contributed by atoms with Gasteiger partial charge in [-0.3, -0.25) is 4.79 Å². The van der Waals surface area contributed by atoms with Gasteiger partial charge in [-0.05, 0) is 55.5 Å². The van der Waals surface area contributed by atoms with E-state index < -0.39 is 5.60 Å². The number of aryl methyl sites for hydroxylation is 1. The van der Waals surface area contributed by atoms with Crippen molar-refractivity contribution in [2.75, 3.05) is 6.54 Å². The maximum absolute atomic E-state index is 13.0. The van der Waals surface area contributed by atoms with Gasteiger partial charge in [0.2, 0.25) is 0 Å². The first-order valence-corrected chi connectivity index (χ1v) is 8.15. The van der Waals surface area contributed by atoms with Crippen molar-refractivity contribution in [2.45, 2.75) is 31.8 Å². The molecule has 1 aliphatic carbocycles. The van der Waals surface area contributed by atoms with Gasteiger partial charge in [0.05, 0.1) is 10.5 Å². The third-order valence-corrected chi connectivity index (χ3v) is 5.40. The molecule has 5 heteroatoms. The van der Waals surface area contributed by atoms with Crippen LogP contribution in [-0.2, 0) is 0 Å². The lowest BCUT2D eigenvalue weighted by molar-refractivity contribution is -0.0300. The molecule has 1 aliphatic rings. The zero-order valence-corrected chi connectivity index (χ0v) is 13.2. The van der Waals surface area contributed by atoms with E-state index in [1.807, 2.05) is 13.0 Å². The van der Waals surface area contributed by atoms with E-state index in [1.165, 1.54) is 23.5 Å². The number of carbonyl (C=O) groups excluding carboxylic acids is 1. The van der Waals surface area contributed by atoms with Gasteiger partial charge in [-0.2, -0.15) is 0 Å². The number of benzene rings is 1. The number of halogens is 1. The largest absolute Gasteiger partial charge is 0.388 e. The van der Waals surface area contributed by atoms with Crippen molar-refractivity contribution in [3.8, 4) is 10.4 Å². The maximum Gasteiger partial charge on any atom is 0.261 e. The van der Waals surface area contributed by atoms with Gasteiger partial charge in [0, 0.05) is 11.4 Å². The van der Waals surface area contributed by atoms with Crippen LogP contribution in [0.4, 0.5) is 4.39 Å². The Morgan fingerprint density at radius 2 is 2.05 bits per heavy atom. The lowest BCUT2D eigenvalue weighted by Crippen LogP contribution is -2.47. The van der Waals surface area contributed by atoms with Crippen LogP contribution in [-0.4, -0.2) is 23.2 Å². The SMILES string of the molecule is Cc1cc(C(=O)NCC2(O)CCC2)sc1-c1ccc(F)cc1. The van der Waals surface area contributed by atoms with Crippen molar-refractivity contribution < 1.29 is 14.3 Å². The minimum Gasteiger partial charge on any atom is -0.388 e. The second-order valence-electron chi connectivity index (χ2n) is 5.89. The molecule has 0 radical (unpaired) electrons. The fraction of sp³-hybridized carbons (Fsp3) is 0.353. The second-order valence-corrected chi connectivity index (χ2v) is 6.94. The van der Waals surface area contributed by atoms with Gasteiger partial charge in [-0.1, -0.05) is 12.1 Å². The average Bonchev–Trinajstić information content (AvgIpc) is 2.86. The molecule has 116 valence electrons. The number of aliphatic hydroxyl groups is 1. The van der Waals surface area contributed by atoms with Gasteiger partial charge in [0.25, 0.3) is 5.91 Å². The normalized spacial score (nSPS) is 16.1. The zero-order valence-electron chi connectivity index (χ0n) is 12.4. The van der Waals surface area contributed by atoms with Crippen LogP contribution in [0.3, 0.4) is 0 Å². The molecule has 1 aromatic heterocycles. The number of thiophene rings is 1. The molecule has 0 saturated heterocycles. The molecule has 1 saturated carbocycles. The molecular formula is C17H18FNO2S. The number of hydrogen-bond donors (Lipinski definition) is 2. The maximum atomic E-state index is 13.0. The Hall–Kier alpha value is -1.72. The number of carbonyl (C=O) groups is 1. The van der Waals surface area contributed by atoms with Crippen LogP contribution in [0, 0.1) is 12.7 Å². The van der Waals surface area contributed by atoms with E-state index in [4.69, 9.17) is 0 Å². The molecule has 1 aromatic carbocycles. The Morgan fingerprint density at radius 3 is 2.64 bits per heavy atom. The van der Waals surface area contributed by atoms with Crippen molar-refractivity contribution in [1.82, 2.24) is 5.32 Å². The summed E-state index contributed by atoms with van der Waals surface area (Å²) in [6.45, 7) is 2.24. The molecule has 0 atom stereocenters. The van der Waals surface area contributed by atoms with Gasteiger partial charge in [0.15, 0.2) is 0 Å². The minimum absolute atomic E-state index is 0.165. The summed E-state index contributed by atoms with van der Waals surface area (Å²) in [5.74, 6) is -0.438. The van der Waals surface area contributed by atoms with Gasteiger partial charge in [-0.25, -0.2) is 4.39 Å². The minimum atomic E-state index is -0.720. The monoisotopic (exact) mass is 319 g/mol. The van der Waals surface area contributed by atoms with Crippen LogP contribution in [0.25, 0.3) is 10.4 Å². The Balaban J connectivity index is 1.73. The van der Waals surface area contributed by atoms with Crippen LogP contribution in [0.5, 0.6) is 0 Å². The summed E-state index contributed by atoms with van der Waals surface area (Å²) in [7, 11) is 0. The highest BCUT2D eigenvalue weighted by Crippen LogP contribution is 2.33. The highest BCUT2D eigenvalue weighted by molar-refractivity contribution is 7.17. The molecule has 2 aromatic rings. The highest BCUT2D eigenvalue weighted by atomic mass is 32.1. The summed E-state index contributed by atoms with van der Waals surface area (Å²) in [6, 6.07) is 8.10. The lowest BCUT2D eigenvalue weighted by atomic mass is 9.80. The van der Waals surface area contributed by atoms with E-state index in [0.29, 0.717) is 11.4 Å². The Bertz CT molecular complexity index is 689. The van der Waals surface area contributed by atoms with Gasteiger partial charge in [-0.15, -0.1) is 11.3 Å². The predicted octanol–water partition coefficient (Wildman–Crippen LogP) is 3.51. The van der Waals surface area contributed by atoms with Crippen LogP contribution < -0.4 is 5.32 Å². The third kappa shape index (κ3) is 3.05. The van der Waals surface area contributed by atoms with E-state index in [9.17, 15) is 14.3 Å². The second kappa shape index (κ2) is 5.82. The molecule has 2 N–H and O–H groups in total. The van der Waals surface area contributed by atoms with E-state index in [2.05, 4.69) is 5.32 Å². The summed E-state index contributed by atoms with van der Waals surface area (Å²) in [6.07, 6.45) is 2.51. The number of amides is 1. The third-order valence-electron chi connectivity index (χ3n) is 4.11. The summed E-state index contributed by atoms with van der Waals surface area (Å²) in [5.41, 5.74) is 1.17. The van der Waals surface area contributed by atoms with Crippen LogP contribution in [0.15, 0.2) is 30.3 Å². The molecule has 3 rings (SSSR count). The number of nitrogens with one attached hydrogen (secondary N) is 1. The highest BCUT2D eigenvalue weighted by Gasteiger charge is 2.34. The van der Waals surface area contributed by atoms with Crippen LogP contribution >= 0.6 is 11.3 Å². The smallest absolute Gasteiger partial charge is 0.261 e. The zero-order chi connectivity index (χ0) is 15.7.